The molecule has 0 bridgehead atoms. The first-order valence-electron chi connectivity index (χ1n) is 19.5. The van der Waals surface area contributed by atoms with E-state index in [9.17, 15) is 13.2 Å². The van der Waals surface area contributed by atoms with Crippen LogP contribution in [0, 0.1) is 23.7 Å². The fourth-order valence-electron chi connectivity index (χ4n) is 7.59. The van der Waals surface area contributed by atoms with Gasteiger partial charge in [-0.1, -0.05) is 6.92 Å². The van der Waals surface area contributed by atoms with E-state index < -0.39 is 10.0 Å². The Morgan fingerprint density at radius 1 is 0.654 bits per heavy atom. The number of halogens is 2. The molecule has 0 aromatic carbocycles. The van der Waals surface area contributed by atoms with E-state index in [4.69, 9.17) is 56.4 Å². The summed E-state index contributed by atoms with van der Waals surface area (Å²) in [6.07, 6.45) is 6.42. The lowest BCUT2D eigenvalue weighted by atomic mass is 9.63. The summed E-state index contributed by atoms with van der Waals surface area (Å²) in [6.45, 7) is 11.2. The Morgan fingerprint density at radius 2 is 1.15 bits per heavy atom. The van der Waals surface area contributed by atoms with Crippen molar-refractivity contribution in [3.05, 3.63) is 0 Å². The maximum atomic E-state index is 13.0. The predicted octanol–water partition coefficient (Wildman–Crippen LogP) is 3.30. The van der Waals surface area contributed by atoms with Crippen molar-refractivity contribution in [3.63, 3.8) is 0 Å². The molecule has 3 fully saturated rings. The monoisotopic (exact) mass is 803 g/mol. The SMILES string of the molecule is CCCOCCOCCOCCOCCC(=O)NCCOCCOCCOCCNS(=O)(=O)C1CCC(C2CN(C)CC3C(Cl)CC(Cl)CC32)CC1. The molecule has 1 saturated heterocycles. The lowest BCUT2D eigenvalue weighted by Gasteiger charge is -2.51. The fraction of sp³-hybridized carbons (Fsp3) is 0.972. The summed E-state index contributed by atoms with van der Waals surface area (Å²) in [7, 11) is -1.22. The number of piperidine rings is 1. The van der Waals surface area contributed by atoms with Crippen LogP contribution in [0.4, 0.5) is 0 Å². The van der Waals surface area contributed by atoms with E-state index in [1.165, 1.54) is 0 Å². The Balaban J connectivity index is 1.07. The average molecular weight is 805 g/mol. The largest absolute Gasteiger partial charge is 0.379 e. The Morgan fingerprint density at radius 3 is 1.73 bits per heavy atom. The van der Waals surface area contributed by atoms with Crippen LogP contribution in [0.15, 0.2) is 0 Å². The second-order valence-electron chi connectivity index (χ2n) is 14.2. The molecule has 16 heteroatoms. The fourth-order valence-corrected chi connectivity index (χ4v) is 10.1. The van der Waals surface area contributed by atoms with Gasteiger partial charge in [-0.25, -0.2) is 13.1 Å². The standard InChI is InChI=1S/C36H67Cl2N3O10S/c1-3-11-45-15-19-49-23-24-50-20-16-46-12-8-36(42)39-9-13-47-17-21-51-22-18-48-14-10-40-52(43,44)31-6-4-29(5-7-31)33-27-41(2)28-34-32(33)25-30(37)26-35(34)38/h29-35,40H,3-28H2,1-2H3,(H,39,42). The molecule has 3 rings (SSSR count). The van der Waals surface area contributed by atoms with E-state index >= 15 is 0 Å². The van der Waals surface area contributed by atoms with Crippen LogP contribution >= 0.6 is 23.2 Å². The number of nitrogens with zero attached hydrogens (tertiary/aromatic N) is 1. The lowest BCUT2D eigenvalue weighted by molar-refractivity contribution is -0.122. The molecule has 2 saturated carbocycles. The molecule has 13 nitrogen and oxygen atoms in total. The van der Waals surface area contributed by atoms with Gasteiger partial charge in [-0.2, -0.15) is 0 Å². The normalized spacial score (nSPS) is 27.0. The highest BCUT2D eigenvalue weighted by Crippen LogP contribution is 2.48. The first kappa shape index (κ1) is 46.0. The smallest absolute Gasteiger partial charge is 0.222 e. The van der Waals surface area contributed by atoms with Gasteiger partial charge in [0.15, 0.2) is 0 Å². The summed E-state index contributed by atoms with van der Waals surface area (Å²) in [5.74, 6) is 1.97. The van der Waals surface area contributed by atoms with Crippen LogP contribution in [0.1, 0.15) is 58.3 Å². The highest BCUT2D eigenvalue weighted by Gasteiger charge is 2.47. The van der Waals surface area contributed by atoms with Gasteiger partial charge in [0, 0.05) is 50.0 Å². The number of hydrogen-bond acceptors (Lipinski definition) is 11. The van der Waals surface area contributed by atoms with Crippen LogP contribution in [-0.4, -0.2) is 161 Å². The number of amides is 1. The molecular weight excluding hydrogens is 737 g/mol. The molecule has 0 spiro atoms. The molecule has 52 heavy (non-hydrogen) atoms. The topological polar surface area (TPSA) is 143 Å². The highest BCUT2D eigenvalue weighted by atomic mass is 35.5. The van der Waals surface area contributed by atoms with Gasteiger partial charge in [0.1, 0.15) is 0 Å². The van der Waals surface area contributed by atoms with E-state index in [0.29, 0.717) is 122 Å². The number of fused-ring (bicyclic) bond motifs is 1. The quantitative estimate of drug-likeness (QED) is 0.0850. The van der Waals surface area contributed by atoms with Crippen LogP contribution < -0.4 is 10.0 Å². The van der Waals surface area contributed by atoms with Crippen molar-refractivity contribution >= 4 is 39.1 Å². The zero-order chi connectivity index (χ0) is 37.4. The summed E-state index contributed by atoms with van der Waals surface area (Å²) >= 11 is 13.4. The number of nitrogens with one attached hydrogen (secondary N) is 2. The van der Waals surface area contributed by atoms with E-state index in [2.05, 4.69) is 28.9 Å². The van der Waals surface area contributed by atoms with Crippen LogP contribution in [0.3, 0.4) is 0 Å². The van der Waals surface area contributed by atoms with Gasteiger partial charge in [-0.05, 0) is 75.7 Å². The molecule has 0 aromatic heterocycles. The van der Waals surface area contributed by atoms with Crippen molar-refractivity contribution in [1.82, 2.24) is 14.9 Å². The minimum atomic E-state index is -3.40. The van der Waals surface area contributed by atoms with Gasteiger partial charge in [0.05, 0.1) is 91.1 Å². The summed E-state index contributed by atoms with van der Waals surface area (Å²) in [6, 6.07) is 0. The first-order valence-corrected chi connectivity index (χ1v) is 21.9. The van der Waals surface area contributed by atoms with Crippen molar-refractivity contribution < 1.29 is 46.4 Å². The molecule has 2 aliphatic carbocycles. The van der Waals surface area contributed by atoms with Crippen LogP contribution in [0.25, 0.3) is 0 Å². The zero-order valence-electron chi connectivity index (χ0n) is 31.6. The molecule has 1 heterocycles. The number of hydrogen-bond donors (Lipinski definition) is 2. The highest BCUT2D eigenvalue weighted by molar-refractivity contribution is 7.90. The number of alkyl halides is 2. The molecule has 2 N–H and O–H groups in total. The molecule has 1 amide bonds. The third-order valence-electron chi connectivity index (χ3n) is 10.2. The van der Waals surface area contributed by atoms with Crippen molar-refractivity contribution in [2.75, 3.05) is 126 Å². The van der Waals surface area contributed by atoms with E-state index in [1.54, 1.807) is 0 Å². The van der Waals surface area contributed by atoms with Gasteiger partial charge >= 0.3 is 0 Å². The van der Waals surface area contributed by atoms with E-state index in [0.717, 1.165) is 51.8 Å². The molecular formula is C36H67Cl2N3O10S. The molecule has 1 aliphatic heterocycles. The number of ether oxygens (including phenoxy) is 7. The maximum Gasteiger partial charge on any atom is 0.222 e. The van der Waals surface area contributed by atoms with Crippen molar-refractivity contribution in [2.24, 2.45) is 23.7 Å². The Labute approximate surface area is 323 Å². The Kier molecular flexibility index (Phi) is 24.1. The zero-order valence-corrected chi connectivity index (χ0v) is 33.9. The molecule has 0 aromatic rings. The second kappa shape index (κ2) is 27.3. The maximum absolute atomic E-state index is 13.0. The predicted molar refractivity (Wildman–Crippen MR) is 203 cm³/mol. The van der Waals surface area contributed by atoms with Gasteiger partial charge in [-0.3, -0.25) is 4.79 Å². The van der Waals surface area contributed by atoms with Crippen molar-refractivity contribution in [2.45, 2.75) is 74.3 Å². The lowest BCUT2D eigenvalue weighted by Crippen LogP contribution is -2.53. The number of sulfonamides is 1. The van der Waals surface area contributed by atoms with Crippen LogP contribution in [0.2, 0.25) is 0 Å². The van der Waals surface area contributed by atoms with E-state index in [1.807, 2.05) is 0 Å². The van der Waals surface area contributed by atoms with Gasteiger partial charge in [0.2, 0.25) is 15.9 Å². The minimum Gasteiger partial charge on any atom is -0.379 e. The molecule has 5 unspecified atom stereocenters. The van der Waals surface area contributed by atoms with Gasteiger partial charge < -0.3 is 43.4 Å². The van der Waals surface area contributed by atoms with E-state index in [-0.39, 0.29) is 41.5 Å². The molecule has 3 aliphatic rings. The first-order chi connectivity index (χ1) is 25.2. The average Bonchev–Trinajstić information content (AvgIpc) is 3.12. The van der Waals surface area contributed by atoms with Crippen molar-refractivity contribution in [3.8, 4) is 0 Å². The summed E-state index contributed by atoms with van der Waals surface area (Å²) in [5.41, 5.74) is 0. The Bertz CT molecular complexity index is 1040. The Hall–Kier alpha value is -0.360. The van der Waals surface area contributed by atoms with Crippen LogP contribution in [-0.2, 0) is 48.0 Å². The molecule has 0 radical (unpaired) electrons. The second-order valence-corrected chi connectivity index (χ2v) is 17.4. The summed E-state index contributed by atoms with van der Waals surface area (Å²) in [4.78, 5) is 14.3. The summed E-state index contributed by atoms with van der Waals surface area (Å²) < 4.78 is 66.9. The number of carbonyl (C=O) groups excluding carboxylic acids is 1. The van der Waals surface area contributed by atoms with Gasteiger partial charge in [-0.15, -0.1) is 23.2 Å². The van der Waals surface area contributed by atoms with Crippen LogP contribution in [0.5, 0.6) is 0 Å². The van der Waals surface area contributed by atoms with Gasteiger partial charge in [0.25, 0.3) is 0 Å². The minimum absolute atomic E-state index is 0.0946. The molecule has 306 valence electrons. The third kappa shape index (κ3) is 18.5. The number of rotatable bonds is 29. The number of carbonyl (C=O) groups is 1. The van der Waals surface area contributed by atoms with Crippen molar-refractivity contribution in [1.29, 1.82) is 0 Å². The third-order valence-corrected chi connectivity index (χ3v) is 13.0. The molecule has 5 atom stereocenters. The number of likely N-dealkylation sites (tertiary alicyclic amines) is 1. The summed E-state index contributed by atoms with van der Waals surface area (Å²) in [5, 5.41) is 2.71.